The van der Waals surface area contributed by atoms with Crippen LogP contribution < -0.4 is 5.73 Å². The van der Waals surface area contributed by atoms with Gasteiger partial charge in [-0.1, -0.05) is 30.9 Å². The lowest BCUT2D eigenvalue weighted by molar-refractivity contribution is 1.07. The van der Waals surface area contributed by atoms with Crippen LogP contribution in [-0.2, 0) is 6.54 Å². The largest absolute Gasteiger partial charge is 0.326 e. The number of hydrogen-bond acceptors (Lipinski definition) is 2. The zero-order valence-corrected chi connectivity index (χ0v) is 9.98. The number of pyridine rings is 1. The fraction of sp³-hybridized carbons (Fsp3) is 0.133. The number of rotatable bonds is 3. The molecule has 0 aliphatic rings. The summed E-state index contributed by atoms with van der Waals surface area (Å²) < 4.78 is 0. The summed E-state index contributed by atoms with van der Waals surface area (Å²) in [5, 5.41) is 0. The number of aryl methyl sites for hydroxylation is 1. The van der Waals surface area contributed by atoms with Gasteiger partial charge >= 0.3 is 0 Å². The molecule has 0 saturated heterocycles. The predicted octanol–water partition coefficient (Wildman–Crippen LogP) is 3.16. The van der Waals surface area contributed by atoms with Gasteiger partial charge in [-0.15, -0.1) is 0 Å². The first-order valence-corrected chi connectivity index (χ1v) is 5.63. The highest BCUT2D eigenvalue weighted by Crippen LogP contribution is 2.27. The Kier molecular flexibility index (Phi) is 3.35. The monoisotopic (exact) mass is 224 g/mol. The van der Waals surface area contributed by atoms with Crippen LogP contribution in [0.5, 0.6) is 0 Å². The SMILES string of the molecule is C=Cc1cccc(CN)c1-c1cc(C)ccn1. The molecular weight excluding hydrogens is 208 g/mol. The molecule has 0 radical (unpaired) electrons. The summed E-state index contributed by atoms with van der Waals surface area (Å²) in [7, 11) is 0. The first kappa shape index (κ1) is 11.6. The van der Waals surface area contributed by atoms with Crippen LogP contribution in [0.1, 0.15) is 16.7 Å². The topological polar surface area (TPSA) is 38.9 Å². The lowest BCUT2D eigenvalue weighted by atomic mass is 9.97. The summed E-state index contributed by atoms with van der Waals surface area (Å²) >= 11 is 0. The van der Waals surface area contributed by atoms with Crippen molar-refractivity contribution in [3.8, 4) is 11.3 Å². The Bertz CT molecular complexity index is 544. The summed E-state index contributed by atoms with van der Waals surface area (Å²) in [6, 6.07) is 10.1. The van der Waals surface area contributed by atoms with Crippen molar-refractivity contribution >= 4 is 6.08 Å². The summed E-state index contributed by atoms with van der Waals surface area (Å²) in [5.74, 6) is 0. The molecule has 0 unspecified atom stereocenters. The molecule has 2 heteroatoms. The smallest absolute Gasteiger partial charge is 0.0713 e. The van der Waals surface area contributed by atoms with Crippen molar-refractivity contribution in [2.75, 3.05) is 0 Å². The van der Waals surface area contributed by atoms with Crippen LogP contribution in [0.2, 0.25) is 0 Å². The molecule has 2 N–H and O–H groups in total. The van der Waals surface area contributed by atoms with Crippen LogP contribution in [0.25, 0.3) is 17.3 Å². The Morgan fingerprint density at radius 2 is 2.18 bits per heavy atom. The Balaban J connectivity index is 2.68. The van der Waals surface area contributed by atoms with Crippen molar-refractivity contribution in [3.05, 3.63) is 59.8 Å². The molecule has 1 heterocycles. The maximum absolute atomic E-state index is 5.79. The van der Waals surface area contributed by atoms with Gasteiger partial charge in [0.2, 0.25) is 0 Å². The number of nitrogens with two attached hydrogens (primary N) is 1. The molecule has 2 nitrogen and oxygen atoms in total. The lowest BCUT2D eigenvalue weighted by Gasteiger charge is -2.11. The number of hydrogen-bond donors (Lipinski definition) is 1. The fourth-order valence-corrected chi connectivity index (χ4v) is 1.95. The van der Waals surface area contributed by atoms with Gasteiger partial charge in [-0.2, -0.15) is 0 Å². The summed E-state index contributed by atoms with van der Waals surface area (Å²) in [6.07, 6.45) is 3.67. The van der Waals surface area contributed by atoms with Crippen LogP contribution in [-0.4, -0.2) is 4.98 Å². The first-order chi connectivity index (χ1) is 8.26. The van der Waals surface area contributed by atoms with Gasteiger partial charge in [-0.25, -0.2) is 0 Å². The molecule has 1 aromatic carbocycles. The second kappa shape index (κ2) is 4.93. The van der Waals surface area contributed by atoms with E-state index in [1.54, 1.807) is 0 Å². The zero-order chi connectivity index (χ0) is 12.3. The molecule has 0 fully saturated rings. The second-order valence-electron chi connectivity index (χ2n) is 4.01. The summed E-state index contributed by atoms with van der Waals surface area (Å²) in [6.45, 7) is 6.41. The average Bonchev–Trinajstić information content (AvgIpc) is 2.37. The van der Waals surface area contributed by atoms with Crippen molar-refractivity contribution < 1.29 is 0 Å². The summed E-state index contributed by atoms with van der Waals surface area (Å²) in [5.41, 5.74) is 11.2. The van der Waals surface area contributed by atoms with Crippen molar-refractivity contribution in [2.24, 2.45) is 5.73 Å². The molecule has 1 aromatic heterocycles. The van der Waals surface area contributed by atoms with E-state index in [0.717, 1.165) is 22.4 Å². The van der Waals surface area contributed by atoms with Crippen LogP contribution in [0.3, 0.4) is 0 Å². The molecule has 2 rings (SSSR count). The molecule has 0 atom stereocenters. The molecule has 2 aromatic rings. The molecule has 17 heavy (non-hydrogen) atoms. The van der Waals surface area contributed by atoms with Gasteiger partial charge in [0.25, 0.3) is 0 Å². The summed E-state index contributed by atoms with van der Waals surface area (Å²) in [4.78, 5) is 4.42. The number of benzene rings is 1. The standard InChI is InChI=1S/C15H16N2/c1-3-12-5-4-6-13(10-16)15(12)14-9-11(2)7-8-17-14/h3-9H,1,10,16H2,2H3. The van der Waals surface area contributed by atoms with E-state index in [1.807, 2.05) is 36.5 Å². The van der Waals surface area contributed by atoms with Gasteiger partial charge in [0.1, 0.15) is 0 Å². The molecule has 86 valence electrons. The van der Waals surface area contributed by atoms with Gasteiger partial charge in [0.15, 0.2) is 0 Å². The minimum atomic E-state index is 0.507. The van der Waals surface area contributed by atoms with E-state index in [4.69, 9.17) is 5.73 Å². The van der Waals surface area contributed by atoms with Crippen LogP contribution in [0.4, 0.5) is 0 Å². The maximum atomic E-state index is 5.79. The van der Waals surface area contributed by atoms with E-state index in [2.05, 4.69) is 24.6 Å². The Morgan fingerprint density at radius 3 is 2.82 bits per heavy atom. The Labute approximate surface area is 102 Å². The van der Waals surface area contributed by atoms with Gasteiger partial charge in [-0.05, 0) is 35.7 Å². The van der Waals surface area contributed by atoms with E-state index in [-0.39, 0.29) is 0 Å². The third kappa shape index (κ3) is 2.27. The molecule has 0 saturated carbocycles. The van der Waals surface area contributed by atoms with Gasteiger partial charge in [-0.3, -0.25) is 4.98 Å². The zero-order valence-electron chi connectivity index (χ0n) is 9.98. The quantitative estimate of drug-likeness (QED) is 0.869. The van der Waals surface area contributed by atoms with Crippen LogP contribution >= 0.6 is 0 Å². The minimum absolute atomic E-state index is 0.507. The molecular formula is C15H16N2. The molecule has 0 aliphatic carbocycles. The number of aromatic nitrogens is 1. The van der Waals surface area contributed by atoms with E-state index >= 15 is 0 Å². The lowest BCUT2D eigenvalue weighted by Crippen LogP contribution is -2.01. The van der Waals surface area contributed by atoms with Gasteiger partial charge < -0.3 is 5.73 Å². The van der Waals surface area contributed by atoms with Gasteiger partial charge in [0, 0.05) is 18.3 Å². The van der Waals surface area contributed by atoms with Crippen LogP contribution in [0.15, 0.2) is 43.1 Å². The third-order valence-electron chi connectivity index (χ3n) is 2.79. The highest BCUT2D eigenvalue weighted by molar-refractivity contribution is 5.75. The Morgan fingerprint density at radius 1 is 1.35 bits per heavy atom. The average molecular weight is 224 g/mol. The normalized spacial score (nSPS) is 10.2. The first-order valence-electron chi connectivity index (χ1n) is 5.63. The van der Waals surface area contributed by atoms with Crippen molar-refractivity contribution in [2.45, 2.75) is 13.5 Å². The predicted molar refractivity (Wildman–Crippen MR) is 72.4 cm³/mol. The molecule has 0 amide bonds. The molecule has 0 aliphatic heterocycles. The van der Waals surface area contributed by atoms with E-state index in [0.29, 0.717) is 6.54 Å². The Hall–Kier alpha value is -1.93. The number of nitrogens with zero attached hydrogens (tertiary/aromatic N) is 1. The van der Waals surface area contributed by atoms with Gasteiger partial charge in [0.05, 0.1) is 5.69 Å². The van der Waals surface area contributed by atoms with E-state index in [9.17, 15) is 0 Å². The highest BCUT2D eigenvalue weighted by atomic mass is 14.7. The fourth-order valence-electron chi connectivity index (χ4n) is 1.95. The third-order valence-corrected chi connectivity index (χ3v) is 2.79. The molecule has 0 spiro atoms. The molecule has 0 bridgehead atoms. The highest BCUT2D eigenvalue weighted by Gasteiger charge is 2.09. The minimum Gasteiger partial charge on any atom is -0.326 e. The van der Waals surface area contributed by atoms with Crippen molar-refractivity contribution in [1.29, 1.82) is 0 Å². The van der Waals surface area contributed by atoms with E-state index < -0.39 is 0 Å². The maximum Gasteiger partial charge on any atom is 0.0713 e. The second-order valence-corrected chi connectivity index (χ2v) is 4.01. The van der Waals surface area contributed by atoms with Crippen LogP contribution in [0, 0.1) is 6.92 Å². The van der Waals surface area contributed by atoms with Crippen molar-refractivity contribution in [1.82, 2.24) is 4.98 Å². The van der Waals surface area contributed by atoms with Crippen molar-refractivity contribution in [3.63, 3.8) is 0 Å². The van der Waals surface area contributed by atoms with E-state index in [1.165, 1.54) is 5.56 Å².